The molecule has 0 spiro atoms. The minimum Gasteiger partial charge on any atom is -0.335 e. The van der Waals surface area contributed by atoms with Gasteiger partial charge >= 0.3 is 6.03 Å². The van der Waals surface area contributed by atoms with E-state index >= 15 is 0 Å². The summed E-state index contributed by atoms with van der Waals surface area (Å²) in [5, 5.41) is 3.59. The van der Waals surface area contributed by atoms with Crippen molar-refractivity contribution in [1.29, 1.82) is 0 Å². The van der Waals surface area contributed by atoms with Crippen LogP contribution in [-0.4, -0.2) is 33.6 Å². The van der Waals surface area contributed by atoms with Gasteiger partial charge in [-0.05, 0) is 49.9 Å². The van der Waals surface area contributed by atoms with Crippen LogP contribution in [0.3, 0.4) is 0 Å². The number of carbonyl (C=O) groups is 1. The standard InChI is InChI=1S/C17H21ClN4O/c1-13-19-8-11-22(13)12-14-6-9-21(10-7-14)17(23)20-16-4-2-15(18)3-5-16/h2-5,8,11,14H,6-7,9-10,12H2,1H3,(H,20,23). The Morgan fingerprint density at radius 2 is 2.00 bits per heavy atom. The lowest BCUT2D eigenvalue weighted by molar-refractivity contribution is 0.176. The van der Waals surface area contributed by atoms with Crippen LogP contribution in [0.1, 0.15) is 18.7 Å². The second-order valence-electron chi connectivity index (χ2n) is 5.99. The fourth-order valence-electron chi connectivity index (χ4n) is 2.93. The number of urea groups is 1. The number of benzene rings is 1. The molecule has 23 heavy (non-hydrogen) atoms. The van der Waals surface area contributed by atoms with Gasteiger partial charge in [0, 0.05) is 42.7 Å². The first-order valence-corrected chi connectivity index (χ1v) is 8.29. The molecule has 0 unspecified atom stereocenters. The Bertz CT molecular complexity index is 659. The zero-order valence-corrected chi connectivity index (χ0v) is 14.0. The van der Waals surface area contributed by atoms with E-state index in [0.717, 1.165) is 44.0 Å². The Morgan fingerprint density at radius 1 is 1.30 bits per heavy atom. The van der Waals surface area contributed by atoms with Crippen LogP contribution in [0.5, 0.6) is 0 Å². The number of aryl methyl sites for hydroxylation is 1. The number of carbonyl (C=O) groups excluding carboxylic acids is 1. The third-order valence-corrected chi connectivity index (χ3v) is 4.63. The van der Waals surface area contributed by atoms with Gasteiger partial charge in [0.15, 0.2) is 0 Å². The van der Waals surface area contributed by atoms with Crippen LogP contribution >= 0.6 is 11.6 Å². The average molecular weight is 333 g/mol. The molecule has 2 amide bonds. The lowest BCUT2D eigenvalue weighted by Gasteiger charge is -2.32. The highest BCUT2D eigenvalue weighted by Crippen LogP contribution is 2.21. The molecule has 0 aliphatic carbocycles. The molecule has 0 atom stereocenters. The van der Waals surface area contributed by atoms with Gasteiger partial charge in [0.25, 0.3) is 0 Å². The van der Waals surface area contributed by atoms with Crippen molar-refractivity contribution in [3.05, 3.63) is 47.5 Å². The molecule has 1 aliphatic rings. The summed E-state index contributed by atoms with van der Waals surface area (Å²) < 4.78 is 2.19. The maximum absolute atomic E-state index is 12.3. The molecule has 1 aromatic carbocycles. The fourth-order valence-corrected chi connectivity index (χ4v) is 3.06. The molecular weight excluding hydrogens is 312 g/mol. The second-order valence-corrected chi connectivity index (χ2v) is 6.43. The van der Waals surface area contributed by atoms with Gasteiger partial charge < -0.3 is 14.8 Å². The molecule has 122 valence electrons. The highest BCUT2D eigenvalue weighted by molar-refractivity contribution is 6.30. The summed E-state index contributed by atoms with van der Waals surface area (Å²) in [6.07, 6.45) is 5.90. The molecule has 1 saturated heterocycles. The van der Waals surface area contributed by atoms with Gasteiger partial charge in [0.05, 0.1) is 0 Å². The van der Waals surface area contributed by atoms with Gasteiger partial charge in [-0.15, -0.1) is 0 Å². The van der Waals surface area contributed by atoms with Crippen molar-refractivity contribution in [1.82, 2.24) is 14.5 Å². The number of halogens is 1. The van der Waals surface area contributed by atoms with E-state index in [-0.39, 0.29) is 6.03 Å². The van der Waals surface area contributed by atoms with Crippen LogP contribution in [0.2, 0.25) is 5.02 Å². The summed E-state index contributed by atoms with van der Waals surface area (Å²) in [6, 6.07) is 7.14. The van der Waals surface area contributed by atoms with Gasteiger partial charge in [-0.1, -0.05) is 11.6 Å². The number of hydrogen-bond acceptors (Lipinski definition) is 2. The Labute approximate surface area is 141 Å². The summed E-state index contributed by atoms with van der Waals surface area (Å²) in [4.78, 5) is 18.4. The minimum absolute atomic E-state index is 0.0374. The third kappa shape index (κ3) is 4.05. The van der Waals surface area contributed by atoms with Crippen molar-refractivity contribution in [3.63, 3.8) is 0 Å². The fraction of sp³-hybridized carbons (Fsp3) is 0.412. The Kier molecular flexibility index (Phi) is 4.86. The first-order valence-electron chi connectivity index (χ1n) is 7.91. The maximum Gasteiger partial charge on any atom is 0.321 e. The number of aromatic nitrogens is 2. The molecule has 2 aromatic rings. The van der Waals surface area contributed by atoms with Crippen LogP contribution in [0.4, 0.5) is 10.5 Å². The number of hydrogen-bond donors (Lipinski definition) is 1. The molecule has 2 heterocycles. The van der Waals surface area contributed by atoms with Crippen LogP contribution in [0, 0.1) is 12.8 Å². The first kappa shape index (κ1) is 15.9. The highest BCUT2D eigenvalue weighted by atomic mass is 35.5. The molecule has 0 bridgehead atoms. The summed E-state index contributed by atoms with van der Waals surface area (Å²) in [6.45, 7) is 4.59. The number of likely N-dealkylation sites (tertiary alicyclic amines) is 1. The topological polar surface area (TPSA) is 50.2 Å². The molecule has 1 aromatic heterocycles. The summed E-state index contributed by atoms with van der Waals surface area (Å²) >= 11 is 5.85. The Hall–Kier alpha value is -2.01. The Balaban J connectivity index is 1.49. The van der Waals surface area contributed by atoms with Crippen molar-refractivity contribution < 1.29 is 4.79 Å². The van der Waals surface area contributed by atoms with Crippen LogP contribution in [0.25, 0.3) is 0 Å². The Morgan fingerprint density at radius 3 is 2.61 bits per heavy atom. The number of nitrogens with zero attached hydrogens (tertiary/aromatic N) is 3. The number of rotatable bonds is 3. The normalized spacial score (nSPS) is 15.7. The van der Waals surface area contributed by atoms with Crippen molar-refractivity contribution in [3.8, 4) is 0 Å². The van der Waals surface area contributed by atoms with E-state index in [1.807, 2.05) is 36.4 Å². The SMILES string of the molecule is Cc1nccn1CC1CCN(C(=O)Nc2ccc(Cl)cc2)CC1. The highest BCUT2D eigenvalue weighted by Gasteiger charge is 2.23. The van der Waals surface area contributed by atoms with E-state index in [1.165, 1.54) is 0 Å². The molecular formula is C17H21ClN4O. The number of amides is 2. The quantitative estimate of drug-likeness (QED) is 0.929. The van der Waals surface area contributed by atoms with E-state index in [9.17, 15) is 4.79 Å². The van der Waals surface area contributed by atoms with E-state index in [1.54, 1.807) is 12.1 Å². The number of nitrogens with one attached hydrogen (secondary N) is 1. The zero-order chi connectivity index (χ0) is 16.2. The zero-order valence-electron chi connectivity index (χ0n) is 13.2. The predicted octanol–water partition coefficient (Wildman–Crippen LogP) is 3.79. The summed E-state index contributed by atoms with van der Waals surface area (Å²) in [5.74, 6) is 1.65. The molecule has 1 aliphatic heterocycles. The average Bonchev–Trinajstić information content (AvgIpc) is 2.95. The van der Waals surface area contributed by atoms with Crippen molar-refractivity contribution in [2.45, 2.75) is 26.3 Å². The molecule has 0 saturated carbocycles. The van der Waals surface area contributed by atoms with Crippen molar-refractivity contribution in [2.24, 2.45) is 5.92 Å². The molecule has 0 radical (unpaired) electrons. The lowest BCUT2D eigenvalue weighted by atomic mass is 9.97. The summed E-state index contributed by atoms with van der Waals surface area (Å²) in [5.41, 5.74) is 0.774. The van der Waals surface area contributed by atoms with E-state index in [0.29, 0.717) is 10.9 Å². The largest absolute Gasteiger partial charge is 0.335 e. The third-order valence-electron chi connectivity index (χ3n) is 4.38. The van der Waals surface area contributed by atoms with Gasteiger partial charge in [-0.25, -0.2) is 9.78 Å². The molecule has 3 rings (SSSR count). The van der Waals surface area contributed by atoms with Crippen LogP contribution < -0.4 is 5.32 Å². The first-order chi connectivity index (χ1) is 11.1. The lowest BCUT2D eigenvalue weighted by Crippen LogP contribution is -2.41. The maximum atomic E-state index is 12.3. The number of piperidine rings is 1. The van der Waals surface area contributed by atoms with Gasteiger partial charge in [-0.2, -0.15) is 0 Å². The van der Waals surface area contributed by atoms with E-state index < -0.39 is 0 Å². The molecule has 6 heteroatoms. The van der Waals surface area contributed by atoms with Crippen LogP contribution in [-0.2, 0) is 6.54 Å². The van der Waals surface area contributed by atoms with Crippen molar-refractivity contribution in [2.75, 3.05) is 18.4 Å². The van der Waals surface area contributed by atoms with Gasteiger partial charge in [0.1, 0.15) is 5.82 Å². The minimum atomic E-state index is -0.0374. The van der Waals surface area contributed by atoms with Gasteiger partial charge in [-0.3, -0.25) is 0 Å². The van der Waals surface area contributed by atoms with E-state index in [2.05, 4.69) is 14.9 Å². The monoisotopic (exact) mass is 332 g/mol. The van der Waals surface area contributed by atoms with Gasteiger partial charge in [0.2, 0.25) is 0 Å². The smallest absolute Gasteiger partial charge is 0.321 e. The summed E-state index contributed by atoms with van der Waals surface area (Å²) in [7, 11) is 0. The number of imidazole rings is 1. The molecule has 1 N–H and O–H groups in total. The second kappa shape index (κ2) is 7.04. The molecule has 1 fully saturated rings. The van der Waals surface area contributed by atoms with E-state index in [4.69, 9.17) is 11.6 Å². The van der Waals surface area contributed by atoms with Crippen molar-refractivity contribution >= 4 is 23.3 Å². The number of anilines is 1. The predicted molar refractivity (Wildman–Crippen MR) is 91.7 cm³/mol. The van der Waals surface area contributed by atoms with Crippen LogP contribution in [0.15, 0.2) is 36.7 Å². The molecule has 5 nitrogen and oxygen atoms in total.